The van der Waals surface area contributed by atoms with Crippen molar-refractivity contribution in [2.24, 2.45) is 0 Å². The molecule has 0 amide bonds. The number of rotatable bonds is 4. The lowest BCUT2D eigenvalue weighted by Gasteiger charge is -2.15. The third-order valence-corrected chi connectivity index (χ3v) is 4.27. The smallest absolute Gasteiger partial charge is 0.318 e. The molecule has 0 bridgehead atoms. The van der Waals surface area contributed by atoms with Crippen LogP contribution in [0.4, 0.5) is 4.39 Å². The Morgan fingerprint density at radius 3 is 2.59 bits per heavy atom. The van der Waals surface area contributed by atoms with E-state index >= 15 is 0 Å². The van der Waals surface area contributed by atoms with Crippen molar-refractivity contribution in [3.63, 3.8) is 0 Å². The van der Waals surface area contributed by atoms with E-state index in [1.165, 1.54) is 6.07 Å². The predicted molar refractivity (Wildman–Crippen MR) is 61.6 cm³/mol. The van der Waals surface area contributed by atoms with Crippen LogP contribution in [0.5, 0.6) is 0 Å². The Labute approximate surface area is 106 Å². The molecule has 0 fully saturated rings. The van der Waals surface area contributed by atoms with Crippen molar-refractivity contribution in [1.82, 2.24) is 4.31 Å². The van der Waals surface area contributed by atoms with Gasteiger partial charge in [0, 0.05) is 11.5 Å². The normalized spacial score (nSPS) is 11.8. The van der Waals surface area contributed by atoms with Gasteiger partial charge in [-0.15, -0.1) is 0 Å². The molecular formula is C9H9BrFNO4S. The third-order valence-electron chi connectivity index (χ3n) is 1.94. The zero-order valence-corrected chi connectivity index (χ0v) is 11.1. The maximum absolute atomic E-state index is 13.5. The number of carbonyl (C=O) groups is 1. The molecule has 94 valence electrons. The molecule has 17 heavy (non-hydrogen) atoms. The minimum Gasteiger partial charge on any atom is -0.480 e. The minimum atomic E-state index is -4.12. The number of nitrogens with zero attached hydrogens (tertiary/aromatic N) is 1. The van der Waals surface area contributed by atoms with Crippen molar-refractivity contribution in [3.05, 3.63) is 28.5 Å². The number of sulfonamides is 1. The number of likely N-dealkylation sites (N-methyl/N-ethyl adjacent to an activating group) is 1. The van der Waals surface area contributed by atoms with E-state index in [1.54, 1.807) is 0 Å². The lowest BCUT2D eigenvalue weighted by Crippen LogP contribution is -2.32. The van der Waals surface area contributed by atoms with Gasteiger partial charge in [-0.3, -0.25) is 4.79 Å². The van der Waals surface area contributed by atoms with Gasteiger partial charge in [-0.25, -0.2) is 12.8 Å². The molecule has 1 N–H and O–H groups in total. The molecule has 0 aliphatic carbocycles. The van der Waals surface area contributed by atoms with Crippen molar-refractivity contribution in [3.8, 4) is 0 Å². The van der Waals surface area contributed by atoms with Crippen LogP contribution in [0.3, 0.4) is 0 Å². The van der Waals surface area contributed by atoms with Gasteiger partial charge in [0.1, 0.15) is 17.3 Å². The van der Waals surface area contributed by atoms with Gasteiger partial charge in [0.15, 0.2) is 0 Å². The second-order valence-corrected chi connectivity index (χ2v) is 6.16. The van der Waals surface area contributed by atoms with E-state index in [0.717, 1.165) is 19.2 Å². The van der Waals surface area contributed by atoms with Crippen LogP contribution in [0, 0.1) is 5.82 Å². The van der Waals surface area contributed by atoms with Crippen molar-refractivity contribution in [2.45, 2.75) is 4.90 Å². The Morgan fingerprint density at radius 2 is 2.12 bits per heavy atom. The highest BCUT2D eigenvalue weighted by Crippen LogP contribution is 2.21. The standard InChI is InChI=1S/C9H9BrFNO4S/c1-12(5-9(13)14)17(15,16)8-3-2-6(10)4-7(8)11/h2-4H,5H2,1H3,(H,13,14). The highest BCUT2D eigenvalue weighted by Gasteiger charge is 2.25. The summed E-state index contributed by atoms with van der Waals surface area (Å²) < 4.78 is 38.0. The molecule has 0 saturated carbocycles. The molecule has 1 aromatic rings. The van der Waals surface area contributed by atoms with Crippen molar-refractivity contribution in [1.29, 1.82) is 0 Å². The Kier molecular flexibility index (Phi) is 4.23. The first-order valence-corrected chi connectivity index (χ1v) is 6.61. The molecular weight excluding hydrogens is 317 g/mol. The molecule has 0 radical (unpaired) electrons. The molecule has 0 aromatic heterocycles. The molecule has 0 aliphatic heterocycles. The summed E-state index contributed by atoms with van der Waals surface area (Å²) in [5.41, 5.74) is 0. The number of aliphatic carboxylic acids is 1. The lowest BCUT2D eigenvalue weighted by molar-refractivity contribution is -0.137. The zero-order valence-electron chi connectivity index (χ0n) is 8.72. The molecule has 1 rings (SSSR count). The van der Waals surface area contributed by atoms with Crippen LogP contribution in [-0.4, -0.2) is 37.4 Å². The predicted octanol–water partition coefficient (Wildman–Crippen LogP) is 1.29. The Hall–Kier alpha value is -0.990. The molecule has 0 saturated heterocycles. The third kappa shape index (κ3) is 3.24. The molecule has 0 atom stereocenters. The number of carboxylic acids is 1. The summed E-state index contributed by atoms with van der Waals surface area (Å²) in [6.07, 6.45) is 0. The SMILES string of the molecule is CN(CC(=O)O)S(=O)(=O)c1ccc(Br)cc1F. The second kappa shape index (κ2) is 5.11. The summed E-state index contributed by atoms with van der Waals surface area (Å²) in [7, 11) is -3.05. The fourth-order valence-corrected chi connectivity index (χ4v) is 2.62. The van der Waals surface area contributed by atoms with E-state index in [0.29, 0.717) is 8.78 Å². The molecule has 5 nitrogen and oxygen atoms in total. The summed E-state index contributed by atoms with van der Waals surface area (Å²) >= 11 is 3.00. The Balaban J connectivity index is 3.17. The fraction of sp³-hybridized carbons (Fsp3) is 0.222. The lowest BCUT2D eigenvalue weighted by atomic mass is 10.3. The number of halogens is 2. The van der Waals surface area contributed by atoms with Gasteiger partial charge in [0.05, 0.1) is 0 Å². The van der Waals surface area contributed by atoms with Crippen LogP contribution in [0.25, 0.3) is 0 Å². The first kappa shape index (κ1) is 14.1. The van der Waals surface area contributed by atoms with Gasteiger partial charge in [-0.05, 0) is 18.2 Å². The molecule has 8 heteroatoms. The van der Waals surface area contributed by atoms with Crippen molar-refractivity contribution < 1.29 is 22.7 Å². The topological polar surface area (TPSA) is 74.7 Å². The van der Waals surface area contributed by atoms with Gasteiger partial charge in [0.25, 0.3) is 0 Å². The summed E-state index contributed by atoms with van der Waals surface area (Å²) in [5, 5.41) is 8.50. The second-order valence-electron chi connectivity index (χ2n) is 3.23. The van der Waals surface area contributed by atoms with E-state index in [9.17, 15) is 17.6 Å². The molecule has 0 heterocycles. The van der Waals surface area contributed by atoms with E-state index in [1.807, 2.05) is 0 Å². The van der Waals surface area contributed by atoms with Crippen molar-refractivity contribution in [2.75, 3.05) is 13.6 Å². The van der Waals surface area contributed by atoms with Crippen LogP contribution in [0.1, 0.15) is 0 Å². The average Bonchev–Trinajstić information content (AvgIpc) is 2.15. The number of hydrogen-bond acceptors (Lipinski definition) is 3. The van der Waals surface area contributed by atoms with Crippen LogP contribution >= 0.6 is 15.9 Å². The van der Waals surface area contributed by atoms with Crippen molar-refractivity contribution >= 4 is 31.9 Å². The van der Waals surface area contributed by atoms with Gasteiger partial charge in [0.2, 0.25) is 10.0 Å². The quantitative estimate of drug-likeness (QED) is 0.905. The highest BCUT2D eigenvalue weighted by atomic mass is 79.9. The maximum atomic E-state index is 13.5. The van der Waals surface area contributed by atoms with Gasteiger partial charge in [-0.2, -0.15) is 4.31 Å². The average molecular weight is 326 g/mol. The van der Waals surface area contributed by atoms with Crippen LogP contribution in [-0.2, 0) is 14.8 Å². The molecule has 0 spiro atoms. The minimum absolute atomic E-state index is 0.398. The largest absolute Gasteiger partial charge is 0.480 e. The van der Waals surface area contributed by atoms with Gasteiger partial charge < -0.3 is 5.11 Å². The number of benzene rings is 1. The van der Waals surface area contributed by atoms with Gasteiger partial charge in [-0.1, -0.05) is 15.9 Å². The zero-order chi connectivity index (χ0) is 13.2. The summed E-state index contributed by atoms with van der Waals surface area (Å²) in [6.45, 7) is -0.724. The highest BCUT2D eigenvalue weighted by molar-refractivity contribution is 9.10. The monoisotopic (exact) mass is 325 g/mol. The van der Waals surface area contributed by atoms with E-state index < -0.39 is 33.3 Å². The van der Waals surface area contributed by atoms with Crippen LogP contribution in [0.15, 0.2) is 27.6 Å². The van der Waals surface area contributed by atoms with Crippen LogP contribution < -0.4 is 0 Å². The first-order chi connectivity index (χ1) is 7.75. The molecule has 1 aromatic carbocycles. The van der Waals surface area contributed by atoms with Gasteiger partial charge >= 0.3 is 5.97 Å². The van der Waals surface area contributed by atoms with E-state index in [4.69, 9.17) is 5.11 Å². The summed E-state index contributed by atoms with van der Waals surface area (Å²) in [4.78, 5) is 9.87. The maximum Gasteiger partial charge on any atom is 0.318 e. The Morgan fingerprint density at radius 1 is 1.53 bits per heavy atom. The van der Waals surface area contributed by atoms with Crippen LogP contribution in [0.2, 0.25) is 0 Å². The fourth-order valence-electron chi connectivity index (χ4n) is 1.13. The number of carboxylic acid groups (broad SMARTS) is 1. The Bertz CT molecular complexity index is 546. The number of hydrogen-bond donors (Lipinski definition) is 1. The summed E-state index contributed by atoms with van der Waals surface area (Å²) in [5.74, 6) is -2.25. The van der Waals surface area contributed by atoms with E-state index in [-0.39, 0.29) is 0 Å². The van der Waals surface area contributed by atoms with E-state index in [2.05, 4.69) is 15.9 Å². The molecule has 0 aliphatic rings. The summed E-state index contributed by atoms with van der Waals surface area (Å²) in [6, 6.07) is 3.44. The molecule has 0 unspecified atom stereocenters. The first-order valence-electron chi connectivity index (χ1n) is 4.38.